The molecule has 2 heteroatoms. The summed E-state index contributed by atoms with van der Waals surface area (Å²) in [5.74, 6) is 0. The lowest BCUT2D eigenvalue weighted by Gasteiger charge is -2.37. The zero-order valence-electron chi connectivity index (χ0n) is 13.3. The summed E-state index contributed by atoms with van der Waals surface area (Å²) in [4.78, 5) is 5.38. The predicted octanol–water partition coefficient (Wildman–Crippen LogP) is 3.65. The van der Waals surface area contributed by atoms with E-state index in [0.717, 1.165) is 12.6 Å². The Hall–Kier alpha value is -1.12. The van der Waals surface area contributed by atoms with E-state index >= 15 is 0 Å². The third-order valence-electron chi connectivity index (χ3n) is 4.82. The molecule has 2 aliphatic heterocycles. The van der Waals surface area contributed by atoms with Gasteiger partial charge in [0.2, 0.25) is 0 Å². The molecule has 2 nitrogen and oxygen atoms in total. The van der Waals surface area contributed by atoms with Crippen molar-refractivity contribution in [3.63, 3.8) is 0 Å². The molecule has 2 heterocycles. The molecule has 3 rings (SSSR count). The van der Waals surface area contributed by atoms with E-state index in [1.807, 2.05) is 0 Å². The number of nitrogens with zero attached hydrogens (tertiary/aromatic N) is 2. The molecule has 2 saturated heterocycles. The standard InChI is InChI=1S/C19H28N2/c1-17(14-18-8-3-2-4-9-18)15-20-11-7-10-19(16-20)21-12-5-6-13-21/h2-4,8-9,14,19H,5-7,10-13,15-16H2,1H3/b17-14+/t19-/m0/s1. The Labute approximate surface area is 129 Å². The van der Waals surface area contributed by atoms with Crippen LogP contribution in [0.3, 0.4) is 0 Å². The van der Waals surface area contributed by atoms with Crippen molar-refractivity contribution in [1.82, 2.24) is 9.80 Å². The van der Waals surface area contributed by atoms with E-state index in [1.54, 1.807) is 0 Å². The average molecular weight is 284 g/mol. The third kappa shape index (κ3) is 4.18. The minimum absolute atomic E-state index is 0.811. The first-order chi connectivity index (χ1) is 10.3. The number of hydrogen-bond acceptors (Lipinski definition) is 2. The lowest BCUT2D eigenvalue weighted by Crippen LogP contribution is -2.47. The van der Waals surface area contributed by atoms with Gasteiger partial charge in [-0.05, 0) is 57.8 Å². The zero-order chi connectivity index (χ0) is 14.5. The van der Waals surface area contributed by atoms with Crippen LogP contribution >= 0.6 is 0 Å². The topological polar surface area (TPSA) is 6.48 Å². The van der Waals surface area contributed by atoms with Crippen molar-refractivity contribution in [2.45, 2.75) is 38.6 Å². The van der Waals surface area contributed by atoms with E-state index < -0.39 is 0 Å². The molecule has 0 N–H and O–H groups in total. The van der Waals surface area contributed by atoms with Crippen molar-refractivity contribution >= 4 is 6.08 Å². The maximum absolute atomic E-state index is 2.72. The molecule has 0 spiro atoms. The minimum Gasteiger partial charge on any atom is -0.299 e. The quantitative estimate of drug-likeness (QED) is 0.832. The number of rotatable bonds is 4. The van der Waals surface area contributed by atoms with Gasteiger partial charge in [-0.1, -0.05) is 42.0 Å². The summed E-state index contributed by atoms with van der Waals surface area (Å²) < 4.78 is 0. The molecule has 0 saturated carbocycles. The summed E-state index contributed by atoms with van der Waals surface area (Å²) in [6.45, 7) is 8.59. The zero-order valence-corrected chi connectivity index (χ0v) is 13.3. The maximum Gasteiger partial charge on any atom is 0.0223 e. The molecule has 1 aromatic rings. The molecule has 114 valence electrons. The summed E-state index contributed by atoms with van der Waals surface area (Å²) in [5, 5.41) is 0. The number of likely N-dealkylation sites (tertiary alicyclic amines) is 2. The van der Waals surface area contributed by atoms with Crippen LogP contribution in [0.5, 0.6) is 0 Å². The second-order valence-corrected chi connectivity index (χ2v) is 6.68. The van der Waals surface area contributed by atoms with Crippen molar-refractivity contribution < 1.29 is 0 Å². The second kappa shape index (κ2) is 7.24. The Morgan fingerprint density at radius 3 is 2.62 bits per heavy atom. The van der Waals surface area contributed by atoms with Gasteiger partial charge in [-0.25, -0.2) is 0 Å². The van der Waals surface area contributed by atoms with E-state index in [9.17, 15) is 0 Å². The van der Waals surface area contributed by atoms with Gasteiger partial charge in [-0.3, -0.25) is 9.80 Å². The molecule has 1 atom stereocenters. The molecule has 21 heavy (non-hydrogen) atoms. The molecule has 2 aliphatic rings. The molecule has 0 aromatic heterocycles. The Morgan fingerprint density at radius 1 is 1.10 bits per heavy atom. The van der Waals surface area contributed by atoms with Crippen molar-refractivity contribution in [2.24, 2.45) is 0 Å². The largest absolute Gasteiger partial charge is 0.299 e. The van der Waals surface area contributed by atoms with Crippen LogP contribution in [-0.4, -0.2) is 48.6 Å². The van der Waals surface area contributed by atoms with Crippen molar-refractivity contribution in [3.05, 3.63) is 41.5 Å². The number of piperidine rings is 1. The fourth-order valence-corrected chi connectivity index (χ4v) is 3.81. The summed E-state index contributed by atoms with van der Waals surface area (Å²) >= 11 is 0. The minimum atomic E-state index is 0.811. The molecule has 2 fully saturated rings. The third-order valence-corrected chi connectivity index (χ3v) is 4.82. The van der Waals surface area contributed by atoms with Gasteiger partial charge in [-0.2, -0.15) is 0 Å². The Balaban J connectivity index is 1.55. The molecular formula is C19H28N2. The van der Waals surface area contributed by atoms with Gasteiger partial charge in [0.1, 0.15) is 0 Å². The van der Waals surface area contributed by atoms with Crippen LogP contribution in [0.2, 0.25) is 0 Å². The first kappa shape index (κ1) is 14.8. The molecule has 0 bridgehead atoms. The Kier molecular flexibility index (Phi) is 5.10. The van der Waals surface area contributed by atoms with Crippen LogP contribution in [0.1, 0.15) is 38.2 Å². The van der Waals surface area contributed by atoms with Crippen LogP contribution in [0.25, 0.3) is 6.08 Å². The predicted molar refractivity (Wildman–Crippen MR) is 90.4 cm³/mol. The van der Waals surface area contributed by atoms with Crippen LogP contribution in [-0.2, 0) is 0 Å². The van der Waals surface area contributed by atoms with Gasteiger partial charge < -0.3 is 0 Å². The molecule has 0 amide bonds. The van der Waals surface area contributed by atoms with Crippen LogP contribution in [0.4, 0.5) is 0 Å². The highest BCUT2D eigenvalue weighted by atomic mass is 15.2. The lowest BCUT2D eigenvalue weighted by molar-refractivity contribution is 0.122. The molecular weight excluding hydrogens is 256 g/mol. The van der Waals surface area contributed by atoms with Gasteiger partial charge in [0.05, 0.1) is 0 Å². The highest BCUT2D eigenvalue weighted by Gasteiger charge is 2.26. The van der Waals surface area contributed by atoms with Gasteiger partial charge in [0, 0.05) is 19.1 Å². The highest BCUT2D eigenvalue weighted by Crippen LogP contribution is 2.21. The second-order valence-electron chi connectivity index (χ2n) is 6.68. The van der Waals surface area contributed by atoms with E-state index in [2.05, 4.69) is 53.1 Å². The lowest BCUT2D eigenvalue weighted by atomic mass is 10.0. The first-order valence-electron chi connectivity index (χ1n) is 8.50. The smallest absolute Gasteiger partial charge is 0.0223 e. The summed E-state index contributed by atoms with van der Waals surface area (Å²) in [7, 11) is 0. The average Bonchev–Trinajstić information content (AvgIpc) is 3.02. The number of benzene rings is 1. The van der Waals surface area contributed by atoms with Crippen LogP contribution < -0.4 is 0 Å². The highest BCUT2D eigenvalue weighted by molar-refractivity contribution is 5.52. The SMILES string of the molecule is C/C(=C\c1ccccc1)CN1CCC[C@H](N2CCCC2)C1. The molecule has 0 unspecified atom stereocenters. The number of hydrogen-bond donors (Lipinski definition) is 0. The van der Waals surface area contributed by atoms with E-state index in [0.29, 0.717) is 0 Å². The van der Waals surface area contributed by atoms with Gasteiger partial charge in [-0.15, -0.1) is 0 Å². The van der Waals surface area contributed by atoms with Crippen molar-refractivity contribution in [1.29, 1.82) is 0 Å². The van der Waals surface area contributed by atoms with Gasteiger partial charge in [0.25, 0.3) is 0 Å². The van der Waals surface area contributed by atoms with Gasteiger partial charge >= 0.3 is 0 Å². The molecule has 0 aliphatic carbocycles. The van der Waals surface area contributed by atoms with Crippen LogP contribution in [0, 0.1) is 0 Å². The molecule has 1 aromatic carbocycles. The normalized spacial score (nSPS) is 25.4. The van der Waals surface area contributed by atoms with E-state index in [-0.39, 0.29) is 0 Å². The monoisotopic (exact) mass is 284 g/mol. The Bertz CT molecular complexity index is 460. The maximum atomic E-state index is 2.72. The summed E-state index contributed by atoms with van der Waals surface area (Å²) in [6, 6.07) is 11.5. The van der Waals surface area contributed by atoms with Crippen molar-refractivity contribution in [3.8, 4) is 0 Å². The first-order valence-corrected chi connectivity index (χ1v) is 8.50. The van der Waals surface area contributed by atoms with Crippen LogP contribution in [0.15, 0.2) is 35.9 Å². The fraction of sp³-hybridized carbons (Fsp3) is 0.579. The fourth-order valence-electron chi connectivity index (χ4n) is 3.81. The van der Waals surface area contributed by atoms with E-state index in [4.69, 9.17) is 0 Å². The van der Waals surface area contributed by atoms with E-state index in [1.165, 1.54) is 63.0 Å². The molecule has 0 radical (unpaired) electrons. The van der Waals surface area contributed by atoms with Crippen molar-refractivity contribution in [2.75, 3.05) is 32.7 Å². The Morgan fingerprint density at radius 2 is 1.86 bits per heavy atom. The summed E-state index contributed by atoms with van der Waals surface area (Å²) in [6.07, 6.45) is 7.91. The van der Waals surface area contributed by atoms with Gasteiger partial charge in [0.15, 0.2) is 0 Å². The summed E-state index contributed by atoms with van der Waals surface area (Å²) in [5.41, 5.74) is 2.80.